The summed E-state index contributed by atoms with van der Waals surface area (Å²) in [7, 11) is 0. The highest BCUT2D eigenvalue weighted by Gasteiger charge is 2.33. The Kier molecular flexibility index (Phi) is 3.57. The number of aliphatic carboxylic acids is 1. The van der Waals surface area contributed by atoms with Crippen LogP contribution in [0.25, 0.3) is 0 Å². The van der Waals surface area contributed by atoms with Crippen LogP contribution in [0, 0.1) is 5.92 Å². The second-order valence-corrected chi connectivity index (χ2v) is 3.60. The molecule has 0 aliphatic heterocycles. The van der Waals surface area contributed by atoms with E-state index in [-0.39, 0.29) is 12.0 Å². The molecule has 1 aromatic carbocycles. The predicted octanol–water partition coefficient (Wildman–Crippen LogP) is 2.97. The second-order valence-electron chi connectivity index (χ2n) is 3.60. The van der Waals surface area contributed by atoms with Gasteiger partial charge in [-0.05, 0) is 18.1 Å². The molecule has 1 aromatic rings. The Morgan fingerprint density at radius 3 is 2.44 bits per heavy atom. The van der Waals surface area contributed by atoms with E-state index in [1.165, 1.54) is 25.1 Å². The highest BCUT2D eigenvalue weighted by Crippen LogP contribution is 2.32. The maximum atomic E-state index is 12.6. The van der Waals surface area contributed by atoms with E-state index in [9.17, 15) is 18.0 Å². The van der Waals surface area contributed by atoms with Crippen LogP contribution in [0.15, 0.2) is 24.3 Å². The minimum atomic E-state index is -4.44. The normalized spacial score (nSPS) is 13.5. The van der Waals surface area contributed by atoms with Crippen molar-refractivity contribution in [2.75, 3.05) is 0 Å². The average molecular weight is 232 g/mol. The van der Waals surface area contributed by atoms with Gasteiger partial charge in [-0.2, -0.15) is 13.2 Å². The molecule has 0 aromatic heterocycles. The minimum absolute atomic E-state index is 0.0184. The SMILES string of the molecule is CC(Cc1ccccc1C(F)(F)F)C(=O)O. The number of carboxylic acid groups (broad SMARTS) is 1. The van der Waals surface area contributed by atoms with Crippen LogP contribution < -0.4 is 0 Å². The van der Waals surface area contributed by atoms with Crippen LogP contribution in [0.4, 0.5) is 13.2 Å². The topological polar surface area (TPSA) is 37.3 Å². The summed E-state index contributed by atoms with van der Waals surface area (Å²) in [6.45, 7) is 1.38. The molecule has 0 fully saturated rings. The molecule has 16 heavy (non-hydrogen) atoms. The van der Waals surface area contributed by atoms with Crippen molar-refractivity contribution in [2.24, 2.45) is 5.92 Å². The summed E-state index contributed by atoms with van der Waals surface area (Å²) < 4.78 is 37.7. The van der Waals surface area contributed by atoms with Gasteiger partial charge in [-0.15, -0.1) is 0 Å². The van der Waals surface area contributed by atoms with Gasteiger partial charge in [0.05, 0.1) is 11.5 Å². The van der Waals surface area contributed by atoms with Crippen LogP contribution in [-0.2, 0) is 17.4 Å². The molecule has 1 atom stereocenters. The van der Waals surface area contributed by atoms with Gasteiger partial charge >= 0.3 is 12.1 Å². The van der Waals surface area contributed by atoms with Crippen molar-refractivity contribution in [3.63, 3.8) is 0 Å². The molecule has 0 amide bonds. The molecule has 0 spiro atoms. The zero-order valence-corrected chi connectivity index (χ0v) is 8.58. The van der Waals surface area contributed by atoms with E-state index in [1.54, 1.807) is 0 Å². The van der Waals surface area contributed by atoms with Gasteiger partial charge in [-0.1, -0.05) is 25.1 Å². The molecule has 0 saturated heterocycles. The summed E-state index contributed by atoms with van der Waals surface area (Å²) in [5, 5.41) is 8.66. The summed E-state index contributed by atoms with van der Waals surface area (Å²) in [5.74, 6) is -1.93. The highest BCUT2D eigenvalue weighted by molar-refractivity contribution is 5.70. The number of carbonyl (C=O) groups is 1. The first-order valence-corrected chi connectivity index (χ1v) is 4.70. The summed E-state index contributed by atoms with van der Waals surface area (Å²) in [6.07, 6.45) is -4.56. The number of alkyl halides is 3. The third-order valence-electron chi connectivity index (χ3n) is 2.27. The van der Waals surface area contributed by atoms with E-state index in [2.05, 4.69) is 0 Å². The average Bonchev–Trinajstić information content (AvgIpc) is 2.16. The van der Waals surface area contributed by atoms with Gasteiger partial charge < -0.3 is 5.11 Å². The van der Waals surface area contributed by atoms with Gasteiger partial charge in [0.15, 0.2) is 0 Å². The molecule has 1 unspecified atom stereocenters. The van der Waals surface area contributed by atoms with Crippen LogP contribution in [0.5, 0.6) is 0 Å². The lowest BCUT2D eigenvalue weighted by Crippen LogP contribution is -2.16. The summed E-state index contributed by atoms with van der Waals surface area (Å²) in [6, 6.07) is 5.03. The van der Waals surface area contributed by atoms with E-state index in [1.807, 2.05) is 0 Å². The maximum absolute atomic E-state index is 12.6. The molecule has 0 saturated carbocycles. The van der Waals surface area contributed by atoms with Crippen LogP contribution in [0.1, 0.15) is 18.1 Å². The van der Waals surface area contributed by atoms with Gasteiger partial charge in [0.1, 0.15) is 0 Å². The number of rotatable bonds is 3. The number of hydrogen-bond donors (Lipinski definition) is 1. The summed E-state index contributed by atoms with van der Waals surface area (Å²) in [4.78, 5) is 10.6. The van der Waals surface area contributed by atoms with E-state index in [0.717, 1.165) is 6.07 Å². The van der Waals surface area contributed by atoms with Crippen molar-refractivity contribution in [1.82, 2.24) is 0 Å². The highest BCUT2D eigenvalue weighted by atomic mass is 19.4. The lowest BCUT2D eigenvalue weighted by molar-refractivity contribution is -0.142. The zero-order chi connectivity index (χ0) is 12.3. The fourth-order valence-electron chi connectivity index (χ4n) is 1.39. The Hall–Kier alpha value is -1.52. The Labute approximate surface area is 90.7 Å². The predicted molar refractivity (Wildman–Crippen MR) is 51.9 cm³/mol. The fourth-order valence-corrected chi connectivity index (χ4v) is 1.39. The van der Waals surface area contributed by atoms with Crippen molar-refractivity contribution in [1.29, 1.82) is 0 Å². The largest absolute Gasteiger partial charge is 0.481 e. The Balaban J connectivity index is 3.01. The summed E-state index contributed by atoms with van der Waals surface area (Å²) >= 11 is 0. The number of halogens is 3. The van der Waals surface area contributed by atoms with E-state index < -0.39 is 23.6 Å². The lowest BCUT2D eigenvalue weighted by Gasteiger charge is -2.14. The Morgan fingerprint density at radius 2 is 1.94 bits per heavy atom. The van der Waals surface area contributed by atoms with Crippen molar-refractivity contribution in [3.8, 4) is 0 Å². The van der Waals surface area contributed by atoms with Crippen molar-refractivity contribution in [2.45, 2.75) is 19.5 Å². The molecule has 88 valence electrons. The van der Waals surface area contributed by atoms with Crippen molar-refractivity contribution in [3.05, 3.63) is 35.4 Å². The van der Waals surface area contributed by atoms with E-state index in [0.29, 0.717) is 0 Å². The van der Waals surface area contributed by atoms with Gasteiger partial charge in [0.2, 0.25) is 0 Å². The minimum Gasteiger partial charge on any atom is -0.481 e. The Morgan fingerprint density at radius 1 is 1.38 bits per heavy atom. The first-order valence-electron chi connectivity index (χ1n) is 4.70. The van der Waals surface area contributed by atoms with Crippen LogP contribution in [-0.4, -0.2) is 11.1 Å². The van der Waals surface area contributed by atoms with Gasteiger partial charge in [0.25, 0.3) is 0 Å². The molecular formula is C11H11F3O2. The van der Waals surface area contributed by atoms with Crippen LogP contribution >= 0.6 is 0 Å². The van der Waals surface area contributed by atoms with Crippen LogP contribution in [0.3, 0.4) is 0 Å². The molecule has 1 rings (SSSR count). The van der Waals surface area contributed by atoms with E-state index in [4.69, 9.17) is 5.11 Å². The first-order chi connectivity index (χ1) is 7.32. The molecule has 0 heterocycles. The molecule has 0 radical (unpaired) electrons. The molecule has 5 heteroatoms. The third kappa shape index (κ3) is 2.98. The number of carboxylic acids is 1. The van der Waals surface area contributed by atoms with Gasteiger partial charge in [-0.3, -0.25) is 4.79 Å². The smallest absolute Gasteiger partial charge is 0.416 e. The van der Waals surface area contributed by atoms with Crippen molar-refractivity contribution < 1.29 is 23.1 Å². The van der Waals surface area contributed by atoms with Gasteiger partial charge in [-0.25, -0.2) is 0 Å². The zero-order valence-electron chi connectivity index (χ0n) is 8.58. The molecule has 0 bridgehead atoms. The monoisotopic (exact) mass is 232 g/mol. The fraction of sp³-hybridized carbons (Fsp3) is 0.364. The number of hydrogen-bond acceptors (Lipinski definition) is 1. The second kappa shape index (κ2) is 4.55. The molecule has 0 aliphatic rings. The molecule has 0 aliphatic carbocycles. The standard InChI is InChI=1S/C11H11F3O2/c1-7(10(15)16)6-8-4-2-3-5-9(8)11(12,13)14/h2-5,7H,6H2,1H3,(H,15,16). The molecular weight excluding hydrogens is 221 g/mol. The van der Waals surface area contributed by atoms with Crippen molar-refractivity contribution >= 4 is 5.97 Å². The third-order valence-corrected chi connectivity index (χ3v) is 2.27. The Bertz CT molecular complexity index is 385. The summed E-state index contributed by atoms with van der Waals surface area (Å²) in [5.41, 5.74) is -0.743. The van der Waals surface area contributed by atoms with Gasteiger partial charge in [0, 0.05) is 0 Å². The van der Waals surface area contributed by atoms with Crippen LogP contribution in [0.2, 0.25) is 0 Å². The molecule has 1 N–H and O–H groups in total. The quantitative estimate of drug-likeness (QED) is 0.869. The van der Waals surface area contributed by atoms with E-state index >= 15 is 0 Å². The molecule has 2 nitrogen and oxygen atoms in total. The first kappa shape index (κ1) is 12.5. The lowest BCUT2D eigenvalue weighted by atomic mass is 9.97. The number of benzene rings is 1. The maximum Gasteiger partial charge on any atom is 0.416 e.